The fourth-order valence-electron chi connectivity index (χ4n) is 1.96. The molecule has 0 spiro atoms. The number of ketones is 1. The first-order valence-corrected chi connectivity index (χ1v) is 9.91. The summed E-state index contributed by atoms with van der Waals surface area (Å²) in [6.07, 6.45) is 1.14. The van der Waals surface area contributed by atoms with Crippen LogP contribution in [0.3, 0.4) is 0 Å². The molecule has 0 radical (unpaired) electrons. The SMILES string of the molecule is NCCCC(N)C(=O)O.O=C(O)COc1ccc(C(=O)c2cccs2)c(Cl)c1Cl. The quantitative estimate of drug-likeness (QED) is 0.414. The van der Waals surface area contributed by atoms with Crippen LogP contribution in [0.1, 0.15) is 28.1 Å². The first-order chi connectivity index (χ1) is 13.7. The van der Waals surface area contributed by atoms with E-state index in [1.54, 1.807) is 17.5 Å². The van der Waals surface area contributed by atoms with Gasteiger partial charge in [-0.1, -0.05) is 29.3 Å². The van der Waals surface area contributed by atoms with Gasteiger partial charge in [-0.3, -0.25) is 9.59 Å². The molecule has 0 aliphatic carbocycles. The van der Waals surface area contributed by atoms with Gasteiger partial charge in [-0.2, -0.15) is 0 Å². The number of hydrogen-bond acceptors (Lipinski definition) is 7. The van der Waals surface area contributed by atoms with Crippen molar-refractivity contribution >= 4 is 52.3 Å². The van der Waals surface area contributed by atoms with E-state index in [-0.39, 0.29) is 27.1 Å². The highest BCUT2D eigenvalue weighted by molar-refractivity contribution is 7.12. The van der Waals surface area contributed by atoms with E-state index in [1.165, 1.54) is 23.5 Å². The zero-order valence-corrected chi connectivity index (χ0v) is 17.5. The highest BCUT2D eigenvalue weighted by Gasteiger charge is 2.19. The minimum Gasteiger partial charge on any atom is -0.480 e. The predicted octanol–water partition coefficient (Wildman–Crippen LogP) is 2.89. The van der Waals surface area contributed by atoms with Crippen LogP contribution in [0.5, 0.6) is 5.75 Å². The number of carboxylic acid groups (broad SMARTS) is 2. The van der Waals surface area contributed by atoms with E-state index in [4.69, 9.17) is 49.6 Å². The maximum absolute atomic E-state index is 12.2. The van der Waals surface area contributed by atoms with Crippen molar-refractivity contribution in [1.29, 1.82) is 0 Å². The van der Waals surface area contributed by atoms with Crippen LogP contribution in [0.25, 0.3) is 0 Å². The van der Waals surface area contributed by atoms with Gasteiger partial charge in [0, 0.05) is 5.56 Å². The van der Waals surface area contributed by atoms with E-state index >= 15 is 0 Å². The molecule has 0 aliphatic rings. The van der Waals surface area contributed by atoms with Crippen molar-refractivity contribution < 1.29 is 29.3 Å². The number of rotatable bonds is 9. The first-order valence-electron chi connectivity index (χ1n) is 8.28. The lowest BCUT2D eigenvalue weighted by Gasteiger charge is -2.09. The summed E-state index contributed by atoms with van der Waals surface area (Å²) in [6.45, 7) is -0.0325. The molecule has 0 fully saturated rings. The number of carbonyl (C=O) groups excluding carboxylic acids is 1. The molecule has 0 amide bonds. The minimum atomic E-state index is -1.13. The smallest absolute Gasteiger partial charge is 0.341 e. The second kappa shape index (κ2) is 12.4. The molecule has 2 rings (SSSR count). The normalized spacial score (nSPS) is 11.2. The number of ether oxygens (including phenoxy) is 1. The molecular weight excluding hydrogens is 443 g/mol. The Hall–Kier alpha value is -2.17. The van der Waals surface area contributed by atoms with E-state index in [0.29, 0.717) is 24.3 Å². The van der Waals surface area contributed by atoms with Crippen molar-refractivity contribution in [2.24, 2.45) is 11.5 Å². The third-order valence-corrected chi connectivity index (χ3v) is 5.16. The highest BCUT2D eigenvalue weighted by atomic mass is 35.5. The molecule has 6 N–H and O–H groups in total. The number of carboxylic acids is 2. The van der Waals surface area contributed by atoms with Crippen LogP contribution in [0.2, 0.25) is 10.0 Å². The largest absolute Gasteiger partial charge is 0.480 e. The zero-order valence-electron chi connectivity index (χ0n) is 15.1. The molecular formula is C18H20Cl2N2O6S. The lowest BCUT2D eigenvalue weighted by Crippen LogP contribution is -2.30. The molecule has 0 saturated heterocycles. The van der Waals surface area contributed by atoms with Crippen LogP contribution in [0, 0.1) is 0 Å². The predicted molar refractivity (Wildman–Crippen MR) is 111 cm³/mol. The second-order valence-corrected chi connectivity index (χ2v) is 7.31. The Morgan fingerprint density at radius 2 is 1.83 bits per heavy atom. The summed E-state index contributed by atoms with van der Waals surface area (Å²) in [5.41, 5.74) is 10.5. The van der Waals surface area contributed by atoms with Crippen molar-refractivity contribution in [1.82, 2.24) is 0 Å². The van der Waals surface area contributed by atoms with Gasteiger partial charge in [0.1, 0.15) is 16.8 Å². The van der Waals surface area contributed by atoms with Crippen molar-refractivity contribution in [3.8, 4) is 5.75 Å². The average molecular weight is 463 g/mol. The van der Waals surface area contributed by atoms with Crippen LogP contribution in [-0.4, -0.2) is 47.1 Å². The number of nitrogens with two attached hydrogens (primary N) is 2. The lowest BCUT2D eigenvalue weighted by atomic mass is 10.1. The van der Waals surface area contributed by atoms with Gasteiger partial charge >= 0.3 is 11.9 Å². The number of thiophene rings is 1. The molecule has 29 heavy (non-hydrogen) atoms. The summed E-state index contributed by atoms with van der Waals surface area (Å²) >= 11 is 13.3. The van der Waals surface area contributed by atoms with Crippen LogP contribution >= 0.6 is 34.5 Å². The fraction of sp³-hybridized carbons (Fsp3) is 0.278. The summed E-state index contributed by atoms with van der Waals surface area (Å²) in [6, 6.07) is 5.60. The van der Waals surface area contributed by atoms with Gasteiger partial charge in [-0.15, -0.1) is 11.3 Å². The molecule has 11 heteroatoms. The van der Waals surface area contributed by atoms with Gasteiger partial charge < -0.3 is 26.4 Å². The molecule has 158 valence electrons. The molecule has 1 atom stereocenters. The Kier molecular flexibility index (Phi) is 10.6. The standard InChI is InChI=1S/C13H8Cl2O4S.C5H12N2O2/c14-11-7(13(18)9-2-1-5-20-9)3-4-8(12(11)15)19-6-10(16)17;6-3-1-2-4(7)5(8)9/h1-5H,6H2,(H,16,17);4H,1-3,6-7H2,(H,8,9). The molecule has 8 nitrogen and oxygen atoms in total. The van der Waals surface area contributed by atoms with Crippen LogP contribution < -0.4 is 16.2 Å². The molecule has 1 unspecified atom stereocenters. The number of halogens is 2. The van der Waals surface area contributed by atoms with Crippen molar-refractivity contribution in [2.45, 2.75) is 18.9 Å². The Morgan fingerprint density at radius 1 is 1.14 bits per heavy atom. The Balaban J connectivity index is 0.000000396. The summed E-state index contributed by atoms with van der Waals surface area (Å²) in [5.74, 6) is -2.20. The molecule has 0 saturated carbocycles. The summed E-state index contributed by atoms with van der Waals surface area (Å²) in [4.78, 5) is 33.2. The van der Waals surface area contributed by atoms with E-state index in [0.717, 1.165) is 0 Å². The molecule has 1 aromatic carbocycles. The first kappa shape index (κ1) is 24.9. The monoisotopic (exact) mass is 462 g/mol. The van der Waals surface area contributed by atoms with Crippen molar-refractivity contribution in [3.63, 3.8) is 0 Å². The summed E-state index contributed by atoms with van der Waals surface area (Å²) < 4.78 is 4.98. The van der Waals surface area contributed by atoms with Gasteiger partial charge in [-0.05, 0) is 43.0 Å². The molecule has 0 bridgehead atoms. The number of hydrogen-bond donors (Lipinski definition) is 4. The van der Waals surface area contributed by atoms with Crippen LogP contribution in [0.4, 0.5) is 0 Å². The molecule has 0 aliphatic heterocycles. The number of aliphatic carboxylic acids is 2. The highest BCUT2D eigenvalue weighted by Crippen LogP contribution is 2.36. The lowest BCUT2D eigenvalue weighted by molar-refractivity contribution is -0.140. The van der Waals surface area contributed by atoms with Gasteiger partial charge in [0.2, 0.25) is 5.78 Å². The van der Waals surface area contributed by atoms with Gasteiger partial charge in [0.05, 0.1) is 9.90 Å². The van der Waals surface area contributed by atoms with Gasteiger partial charge in [-0.25, -0.2) is 4.79 Å². The maximum Gasteiger partial charge on any atom is 0.341 e. The topological polar surface area (TPSA) is 153 Å². The van der Waals surface area contributed by atoms with Crippen LogP contribution in [0.15, 0.2) is 29.6 Å². The molecule has 2 aromatic rings. The van der Waals surface area contributed by atoms with E-state index in [2.05, 4.69) is 0 Å². The van der Waals surface area contributed by atoms with Crippen molar-refractivity contribution in [2.75, 3.05) is 13.2 Å². The van der Waals surface area contributed by atoms with Crippen LogP contribution in [-0.2, 0) is 9.59 Å². The zero-order chi connectivity index (χ0) is 22.0. The van der Waals surface area contributed by atoms with Gasteiger partial charge in [0.25, 0.3) is 0 Å². The Labute approximate surface area is 181 Å². The number of benzene rings is 1. The number of carbonyl (C=O) groups is 3. The van der Waals surface area contributed by atoms with Crippen molar-refractivity contribution in [3.05, 3.63) is 50.1 Å². The van der Waals surface area contributed by atoms with E-state index in [9.17, 15) is 14.4 Å². The van der Waals surface area contributed by atoms with E-state index in [1.807, 2.05) is 0 Å². The van der Waals surface area contributed by atoms with Gasteiger partial charge in [0.15, 0.2) is 6.61 Å². The minimum absolute atomic E-state index is 0.0234. The molecule has 1 aromatic heterocycles. The maximum atomic E-state index is 12.2. The second-order valence-electron chi connectivity index (χ2n) is 5.60. The summed E-state index contributed by atoms with van der Waals surface area (Å²) in [7, 11) is 0. The Bertz CT molecular complexity index is 845. The average Bonchev–Trinajstić information content (AvgIpc) is 3.22. The Morgan fingerprint density at radius 3 is 2.34 bits per heavy atom. The summed E-state index contributed by atoms with van der Waals surface area (Å²) in [5, 5.41) is 18.6. The fourth-order valence-corrected chi connectivity index (χ4v) is 3.10. The third kappa shape index (κ3) is 8.00. The van der Waals surface area contributed by atoms with E-state index < -0.39 is 24.6 Å². The third-order valence-electron chi connectivity index (χ3n) is 3.42. The molecule has 1 heterocycles.